The molecule has 30 heavy (non-hydrogen) atoms. The Morgan fingerprint density at radius 3 is 2.20 bits per heavy atom. The minimum absolute atomic E-state index is 0.321. The second-order valence-corrected chi connectivity index (χ2v) is 9.00. The number of hydrogen-bond donors (Lipinski definition) is 1. The maximum Gasteiger partial charge on any atom is 0.341 e. The fraction of sp³-hybridized carbons (Fsp3) is 0.421. The van der Waals surface area contributed by atoms with Crippen LogP contribution < -0.4 is 10.2 Å². The van der Waals surface area contributed by atoms with E-state index in [0.717, 1.165) is 32.2 Å². The molecule has 1 fully saturated rings. The molecule has 1 N–H and O–H groups in total. The summed E-state index contributed by atoms with van der Waals surface area (Å²) in [7, 11) is -2.89. The SMILES string of the molecule is Cc1nc(N2CCN(C)CC2)nc(C)c1NC(=O)c1ccccc1S(=O)(=O)C(F)F. The topological polar surface area (TPSA) is 95.5 Å². The van der Waals surface area contributed by atoms with Crippen molar-refractivity contribution in [1.82, 2.24) is 14.9 Å². The molecule has 0 bridgehead atoms. The van der Waals surface area contributed by atoms with E-state index in [1.807, 2.05) is 7.05 Å². The van der Waals surface area contributed by atoms with Crippen molar-refractivity contribution in [2.24, 2.45) is 0 Å². The van der Waals surface area contributed by atoms with Gasteiger partial charge in [0.05, 0.1) is 27.5 Å². The number of likely N-dealkylation sites (N-methyl/N-ethyl adjacent to an activating group) is 1. The summed E-state index contributed by atoms with van der Waals surface area (Å²) in [5.74, 6) is -3.89. The van der Waals surface area contributed by atoms with Gasteiger partial charge >= 0.3 is 5.76 Å². The Hall–Kier alpha value is -2.66. The van der Waals surface area contributed by atoms with Gasteiger partial charge in [0.15, 0.2) is 0 Å². The Morgan fingerprint density at radius 2 is 1.63 bits per heavy atom. The molecule has 2 heterocycles. The van der Waals surface area contributed by atoms with Gasteiger partial charge in [-0.15, -0.1) is 0 Å². The summed E-state index contributed by atoms with van der Waals surface area (Å²) in [6, 6.07) is 4.88. The van der Waals surface area contributed by atoms with Crippen molar-refractivity contribution in [2.75, 3.05) is 43.4 Å². The third-order valence-corrected chi connectivity index (χ3v) is 6.39. The quantitative estimate of drug-likeness (QED) is 0.762. The van der Waals surface area contributed by atoms with Gasteiger partial charge in [-0.25, -0.2) is 18.4 Å². The lowest BCUT2D eigenvalue weighted by molar-refractivity contribution is 0.102. The van der Waals surface area contributed by atoms with Crippen molar-refractivity contribution in [3.63, 3.8) is 0 Å². The Balaban J connectivity index is 1.88. The number of rotatable bonds is 5. The van der Waals surface area contributed by atoms with Crippen molar-refractivity contribution in [3.05, 3.63) is 41.2 Å². The van der Waals surface area contributed by atoms with Crippen LogP contribution >= 0.6 is 0 Å². The normalized spacial score (nSPS) is 15.5. The number of carbonyl (C=O) groups is 1. The monoisotopic (exact) mass is 439 g/mol. The van der Waals surface area contributed by atoms with Crippen LogP contribution in [0.25, 0.3) is 0 Å². The first-order valence-corrected chi connectivity index (χ1v) is 10.9. The summed E-state index contributed by atoms with van der Waals surface area (Å²) in [6.45, 7) is 6.72. The van der Waals surface area contributed by atoms with Crippen LogP contribution in [0.2, 0.25) is 0 Å². The molecule has 0 radical (unpaired) electrons. The zero-order valence-electron chi connectivity index (χ0n) is 16.9. The Kier molecular flexibility index (Phi) is 6.32. The standard InChI is InChI=1S/C19H23F2N5O3S/c1-12-16(13(2)23-19(22-12)26-10-8-25(3)9-11-26)24-17(27)14-6-4-5-7-15(14)30(28,29)18(20)21/h4-7,18H,8-11H2,1-3H3,(H,24,27). The number of nitrogens with one attached hydrogen (secondary N) is 1. The van der Waals surface area contributed by atoms with Gasteiger partial charge in [0.1, 0.15) is 0 Å². The highest BCUT2D eigenvalue weighted by Gasteiger charge is 2.31. The molecule has 0 saturated carbocycles. The molecule has 0 atom stereocenters. The van der Waals surface area contributed by atoms with Crippen LogP contribution in [0.1, 0.15) is 21.7 Å². The molecular formula is C19H23F2N5O3S. The Morgan fingerprint density at radius 1 is 1.07 bits per heavy atom. The summed E-state index contributed by atoms with van der Waals surface area (Å²) < 4.78 is 49.8. The van der Waals surface area contributed by atoms with Gasteiger partial charge in [0.2, 0.25) is 15.8 Å². The number of alkyl halides is 2. The second kappa shape index (κ2) is 8.60. The number of sulfone groups is 1. The minimum Gasteiger partial charge on any atom is -0.338 e. The number of carbonyl (C=O) groups excluding carboxylic acids is 1. The van der Waals surface area contributed by atoms with Gasteiger partial charge in [-0.2, -0.15) is 8.78 Å². The lowest BCUT2D eigenvalue weighted by Gasteiger charge is -2.32. The third-order valence-electron chi connectivity index (χ3n) is 4.96. The summed E-state index contributed by atoms with van der Waals surface area (Å²) in [4.78, 5) is 25.2. The predicted molar refractivity (Wildman–Crippen MR) is 109 cm³/mol. The van der Waals surface area contributed by atoms with Gasteiger partial charge < -0.3 is 15.1 Å². The Labute approximate surface area is 173 Å². The van der Waals surface area contributed by atoms with Crippen LogP contribution in [0.15, 0.2) is 29.2 Å². The summed E-state index contributed by atoms with van der Waals surface area (Å²) in [5.41, 5.74) is 0.958. The molecule has 1 aromatic heterocycles. The highest BCUT2D eigenvalue weighted by atomic mass is 32.2. The average molecular weight is 439 g/mol. The summed E-state index contributed by atoms with van der Waals surface area (Å²) in [6.07, 6.45) is 0. The predicted octanol–water partition coefficient (Wildman–Crippen LogP) is 2.09. The molecule has 162 valence electrons. The van der Waals surface area contributed by atoms with E-state index < -0.39 is 26.4 Å². The maximum atomic E-state index is 13.0. The number of piperazine rings is 1. The summed E-state index contributed by atoms with van der Waals surface area (Å²) >= 11 is 0. The number of halogens is 2. The van der Waals surface area contributed by atoms with Crippen LogP contribution in [-0.4, -0.2) is 68.2 Å². The van der Waals surface area contributed by atoms with Crippen molar-refractivity contribution in [1.29, 1.82) is 0 Å². The maximum absolute atomic E-state index is 13.0. The van der Waals surface area contributed by atoms with Gasteiger partial charge in [0, 0.05) is 26.2 Å². The molecule has 1 aromatic carbocycles. The number of aromatic nitrogens is 2. The molecule has 0 spiro atoms. The van der Waals surface area contributed by atoms with Crippen LogP contribution in [0.5, 0.6) is 0 Å². The first kappa shape index (κ1) is 22.0. The molecule has 1 saturated heterocycles. The number of hydrogen-bond acceptors (Lipinski definition) is 7. The number of aryl methyl sites for hydroxylation is 2. The number of amides is 1. The van der Waals surface area contributed by atoms with E-state index in [1.165, 1.54) is 18.2 Å². The van der Waals surface area contributed by atoms with Crippen molar-refractivity contribution >= 4 is 27.4 Å². The Bertz CT molecular complexity index is 1030. The van der Waals surface area contributed by atoms with Crippen molar-refractivity contribution < 1.29 is 22.0 Å². The van der Waals surface area contributed by atoms with Crippen LogP contribution in [0, 0.1) is 13.8 Å². The zero-order valence-corrected chi connectivity index (χ0v) is 17.7. The molecule has 1 aliphatic rings. The highest BCUT2D eigenvalue weighted by Crippen LogP contribution is 2.25. The molecular weight excluding hydrogens is 416 g/mol. The molecule has 0 aliphatic carbocycles. The number of benzene rings is 1. The van der Waals surface area contributed by atoms with E-state index in [4.69, 9.17) is 0 Å². The molecule has 3 rings (SSSR count). The van der Waals surface area contributed by atoms with E-state index in [0.29, 0.717) is 23.0 Å². The minimum atomic E-state index is -4.93. The van der Waals surface area contributed by atoms with E-state index >= 15 is 0 Å². The molecule has 2 aromatic rings. The van der Waals surface area contributed by atoms with E-state index in [1.54, 1.807) is 13.8 Å². The molecule has 8 nitrogen and oxygen atoms in total. The molecule has 1 aliphatic heterocycles. The molecule has 0 unspecified atom stereocenters. The third kappa shape index (κ3) is 4.41. The van der Waals surface area contributed by atoms with Crippen LogP contribution in [-0.2, 0) is 9.84 Å². The lowest BCUT2D eigenvalue weighted by Crippen LogP contribution is -2.45. The molecule has 11 heteroatoms. The molecule has 1 amide bonds. The van der Waals surface area contributed by atoms with Crippen LogP contribution in [0.3, 0.4) is 0 Å². The summed E-state index contributed by atoms with van der Waals surface area (Å²) in [5, 5.41) is 2.58. The smallest absolute Gasteiger partial charge is 0.338 e. The first-order valence-electron chi connectivity index (χ1n) is 9.32. The highest BCUT2D eigenvalue weighted by molar-refractivity contribution is 7.91. The number of anilines is 2. The van der Waals surface area contributed by atoms with Crippen molar-refractivity contribution in [3.8, 4) is 0 Å². The first-order chi connectivity index (χ1) is 14.1. The van der Waals surface area contributed by atoms with E-state index in [2.05, 4.69) is 25.1 Å². The zero-order chi connectivity index (χ0) is 22.1. The van der Waals surface area contributed by atoms with Gasteiger partial charge in [-0.1, -0.05) is 12.1 Å². The van der Waals surface area contributed by atoms with Crippen molar-refractivity contribution in [2.45, 2.75) is 24.5 Å². The van der Waals surface area contributed by atoms with Gasteiger partial charge in [0.25, 0.3) is 5.91 Å². The fourth-order valence-electron chi connectivity index (χ4n) is 3.21. The largest absolute Gasteiger partial charge is 0.341 e. The van der Waals surface area contributed by atoms with Gasteiger partial charge in [-0.05, 0) is 33.0 Å². The van der Waals surface area contributed by atoms with E-state index in [-0.39, 0.29) is 5.56 Å². The van der Waals surface area contributed by atoms with Gasteiger partial charge in [-0.3, -0.25) is 4.79 Å². The van der Waals surface area contributed by atoms with Crippen LogP contribution in [0.4, 0.5) is 20.4 Å². The second-order valence-electron chi connectivity index (χ2n) is 7.12. The average Bonchev–Trinajstić information content (AvgIpc) is 2.70. The van der Waals surface area contributed by atoms with E-state index in [9.17, 15) is 22.0 Å². The number of nitrogens with zero attached hydrogens (tertiary/aromatic N) is 4. The fourth-order valence-corrected chi connectivity index (χ4v) is 4.13. The lowest BCUT2D eigenvalue weighted by atomic mass is 10.2.